The average molecular weight is 239 g/mol. The van der Waals surface area contributed by atoms with E-state index in [1.54, 1.807) is 0 Å². The zero-order valence-electron chi connectivity index (χ0n) is 11.5. The Morgan fingerprint density at radius 2 is 2.06 bits per heavy atom. The molecular formula is C13H25N3O. The highest BCUT2D eigenvalue weighted by atomic mass is 16.5. The first-order valence-corrected chi connectivity index (χ1v) is 6.70. The number of nitrogens with zero attached hydrogens (tertiary/aromatic N) is 2. The van der Waals surface area contributed by atoms with Gasteiger partial charge in [-0.05, 0) is 25.3 Å². The lowest BCUT2D eigenvalue weighted by Crippen LogP contribution is -2.30. The number of nitrogens with one attached hydrogen (secondary N) is 1. The molecule has 1 atom stereocenters. The Bertz CT molecular complexity index is 309. The zero-order valence-corrected chi connectivity index (χ0v) is 11.5. The molecule has 0 radical (unpaired) electrons. The summed E-state index contributed by atoms with van der Waals surface area (Å²) in [4.78, 5) is 4.43. The Labute approximate surface area is 104 Å². The van der Waals surface area contributed by atoms with E-state index in [4.69, 9.17) is 4.52 Å². The number of hydrogen-bond donors (Lipinski definition) is 1. The van der Waals surface area contributed by atoms with Crippen LogP contribution in [0.25, 0.3) is 0 Å². The van der Waals surface area contributed by atoms with Crippen molar-refractivity contribution < 1.29 is 4.52 Å². The summed E-state index contributed by atoms with van der Waals surface area (Å²) in [6.45, 7) is 9.68. The number of likely N-dealkylation sites (N-methyl/N-ethyl adjacent to an activating group) is 1. The molecule has 17 heavy (non-hydrogen) atoms. The van der Waals surface area contributed by atoms with Gasteiger partial charge in [-0.1, -0.05) is 32.9 Å². The highest BCUT2D eigenvalue weighted by molar-refractivity contribution is 4.89. The van der Waals surface area contributed by atoms with Crippen molar-refractivity contribution in [1.29, 1.82) is 0 Å². The van der Waals surface area contributed by atoms with E-state index in [1.807, 2.05) is 0 Å². The van der Waals surface area contributed by atoms with Crippen LogP contribution in [0.1, 0.15) is 52.3 Å². The maximum Gasteiger partial charge on any atom is 0.228 e. The Balaban J connectivity index is 2.44. The van der Waals surface area contributed by atoms with Crippen LogP contribution in [0.5, 0.6) is 0 Å². The molecule has 1 aromatic rings. The van der Waals surface area contributed by atoms with Gasteiger partial charge in [0.25, 0.3) is 0 Å². The fourth-order valence-electron chi connectivity index (χ4n) is 1.75. The first-order chi connectivity index (χ1) is 8.15. The summed E-state index contributed by atoms with van der Waals surface area (Å²) in [5, 5.41) is 7.43. The van der Waals surface area contributed by atoms with E-state index >= 15 is 0 Å². The largest absolute Gasteiger partial charge is 0.339 e. The Morgan fingerprint density at radius 1 is 1.29 bits per heavy atom. The summed E-state index contributed by atoms with van der Waals surface area (Å²) in [6.07, 6.45) is 3.94. The normalized spacial score (nSPS) is 13.2. The van der Waals surface area contributed by atoms with Gasteiger partial charge in [-0.25, -0.2) is 0 Å². The molecule has 4 nitrogen and oxygen atoms in total. The van der Waals surface area contributed by atoms with E-state index in [0.717, 1.165) is 43.9 Å². The quantitative estimate of drug-likeness (QED) is 0.757. The van der Waals surface area contributed by atoms with Crippen LogP contribution < -0.4 is 5.32 Å². The maximum absolute atomic E-state index is 5.27. The zero-order chi connectivity index (χ0) is 12.7. The van der Waals surface area contributed by atoms with Gasteiger partial charge in [-0.15, -0.1) is 0 Å². The van der Waals surface area contributed by atoms with E-state index in [2.05, 4.69) is 43.2 Å². The number of rotatable bonds is 8. The molecule has 1 unspecified atom stereocenters. The van der Waals surface area contributed by atoms with Crippen molar-refractivity contribution in [3.05, 3.63) is 11.7 Å². The molecule has 0 aliphatic rings. The van der Waals surface area contributed by atoms with E-state index in [0.29, 0.717) is 12.0 Å². The molecule has 0 spiro atoms. The topological polar surface area (TPSA) is 51.0 Å². The standard InChI is InChI=1S/C13H25N3O/c1-5-11(14-6-2)9-13-15-12(16-17-13)8-7-10(3)4/h10-11,14H,5-9H2,1-4H3. The van der Waals surface area contributed by atoms with Crippen molar-refractivity contribution in [2.24, 2.45) is 5.92 Å². The second-order valence-corrected chi connectivity index (χ2v) is 4.90. The van der Waals surface area contributed by atoms with Gasteiger partial charge in [0.1, 0.15) is 0 Å². The van der Waals surface area contributed by atoms with E-state index in [1.165, 1.54) is 0 Å². The number of aryl methyl sites for hydroxylation is 1. The first kappa shape index (κ1) is 14.2. The van der Waals surface area contributed by atoms with E-state index < -0.39 is 0 Å². The van der Waals surface area contributed by atoms with Crippen molar-refractivity contribution in [1.82, 2.24) is 15.5 Å². The fourth-order valence-corrected chi connectivity index (χ4v) is 1.75. The molecule has 0 saturated carbocycles. The summed E-state index contributed by atoms with van der Waals surface area (Å²) in [6, 6.07) is 0.443. The molecule has 1 rings (SSSR count). The van der Waals surface area contributed by atoms with Crippen LogP contribution >= 0.6 is 0 Å². The monoisotopic (exact) mass is 239 g/mol. The second-order valence-electron chi connectivity index (χ2n) is 4.90. The van der Waals surface area contributed by atoms with Gasteiger partial charge in [0.05, 0.1) is 0 Å². The third-order valence-electron chi connectivity index (χ3n) is 2.86. The van der Waals surface area contributed by atoms with Crippen LogP contribution in [0.15, 0.2) is 4.52 Å². The summed E-state index contributed by atoms with van der Waals surface area (Å²) >= 11 is 0. The lowest BCUT2D eigenvalue weighted by atomic mass is 10.1. The predicted octanol–water partition coefficient (Wildman–Crippen LogP) is 2.59. The molecule has 1 aromatic heterocycles. The fraction of sp³-hybridized carbons (Fsp3) is 0.846. The van der Waals surface area contributed by atoms with Crippen LogP contribution in [0, 0.1) is 5.92 Å². The molecule has 4 heteroatoms. The van der Waals surface area contributed by atoms with Crippen LogP contribution in [-0.2, 0) is 12.8 Å². The van der Waals surface area contributed by atoms with E-state index in [9.17, 15) is 0 Å². The molecule has 0 aliphatic heterocycles. The summed E-state index contributed by atoms with van der Waals surface area (Å²) < 4.78 is 5.27. The molecule has 0 aromatic carbocycles. The minimum atomic E-state index is 0.443. The SMILES string of the molecule is CCNC(CC)Cc1nc(CCC(C)C)no1. The summed E-state index contributed by atoms with van der Waals surface area (Å²) in [7, 11) is 0. The van der Waals surface area contributed by atoms with Gasteiger partial charge in [-0.3, -0.25) is 0 Å². The Hall–Kier alpha value is -0.900. The van der Waals surface area contributed by atoms with Crippen molar-refractivity contribution >= 4 is 0 Å². The second kappa shape index (κ2) is 7.43. The van der Waals surface area contributed by atoms with Crippen molar-refractivity contribution in [3.8, 4) is 0 Å². The number of aromatic nitrogens is 2. The molecule has 0 fully saturated rings. The number of hydrogen-bond acceptors (Lipinski definition) is 4. The van der Waals surface area contributed by atoms with Crippen LogP contribution in [0.4, 0.5) is 0 Å². The summed E-state index contributed by atoms with van der Waals surface area (Å²) in [5.74, 6) is 2.29. The van der Waals surface area contributed by atoms with Gasteiger partial charge in [0.15, 0.2) is 5.82 Å². The van der Waals surface area contributed by atoms with E-state index in [-0.39, 0.29) is 0 Å². The average Bonchev–Trinajstić information content (AvgIpc) is 2.73. The van der Waals surface area contributed by atoms with Crippen molar-refractivity contribution in [3.63, 3.8) is 0 Å². The smallest absolute Gasteiger partial charge is 0.228 e. The van der Waals surface area contributed by atoms with Crippen molar-refractivity contribution in [2.75, 3.05) is 6.54 Å². The highest BCUT2D eigenvalue weighted by Gasteiger charge is 2.12. The van der Waals surface area contributed by atoms with Gasteiger partial charge < -0.3 is 9.84 Å². The first-order valence-electron chi connectivity index (χ1n) is 6.70. The molecular weight excluding hydrogens is 214 g/mol. The Morgan fingerprint density at radius 3 is 2.65 bits per heavy atom. The molecule has 0 aliphatic carbocycles. The van der Waals surface area contributed by atoms with Gasteiger partial charge in [0, 0.05) is 18.9 Å². The lowest BCUT2D eigenvalue weighted by Gasteiger charge is -2.12. The molecule has 1 N–H and O–H groups in total. The summed E-state index contributed by atoms with van der Waals surface area (Å²) in [5.41, 5.74) is 0. The van der Waals surface area contributed by atoms with Gasteiger partial charge in [-0.2, -0.15) is 4.98 Å². The molecule has 0 bridgehead atoms. The molecule has 98 valence electrons. The van der Waals surface area contributed by atoms with Crippen LogP contribution in [-0.4, -0.2) is 22.7 Å². The maximum atomic E-state index is 5.27. The lowest BCUT2D eigenvalue weighted by molar-refractivity contribution is 0.351. The van der Waals surface area contributed by atoms with Gasteiger partial charge in [0.2, 0.25) is 5.89 Å². The minimum absolute atomic E-state index is 0.443. The molecule has 0 amide bonds. The third kappa shape index (κ3) is 5.31. The minimum Gasteiger partial charge on any atom is -0.339 e. The van der Waals surface area contributed by atoms with Crippen LogP contribution in [0.3, 0.4) is 0 Å². The molecule has 1 heterocycles. The molecule has 0 saturated heterocycles. The predicted molar refractivity (Wildman–Crippen MR) is 68.9 cm³/mol. The Kier molecular flexibility index (Phi) is 6.19. The third-order valence-corrected chi connectivity index (χ3v) is 2.86. The highest BCUT2D eigenvalue weighted by Crippen LogP contribution is 2.08. The van der Waals surface area contributed by atoms with Crippen LogP contribution in [0.2, 0.25) is 0 Å². The van der Waals surface area contributed by atoms with Gasteiger partial charge >= 0.3 is 0 Å². The van der Waals surface area contributed by atoms with Crippen molar-refractivity contribution in [2.45, 2.75) is 59.4 Å².